The summed E-state index contributed by atoms with van der Waals surface area (Å²) in [5.41, 5.74) is 1.01. The third-order valence-corrected chi connectivity index (χ3v) is 3.31. The minimum absolute atomic E-state index is 0.0524. The number of benzene rings is 2. The summed E-state index contributed by atoms with van der Waals surface area (Å²) in [7, 11) is 0. The van der Waals surface area contributed by atoms with Gasteiger partial charge in [-0.15, -0.1) is 0 Å². The Morgan fingerprint density at radius 1 is 1.09 bits per heavy atom. The molecule has 1 amide bonds. The number of hydrogen-bond acceptors (Lipinski definition) is 2. The number of hydrogen-bond donors (Lipinski definition) is 2. The van der Waals surface area contributed by atoms with Crippen molar-refractivity contribution in [1.82, 2.24) is 5.32 Å². The van der Waals surface area contributed by atoms with E-state index in [1.54, 1.807) is 18.2 Å². The summed E-state index contributed by atoms with van der Waals surface area (Å²) in [4.78, 5) is 11.7. The van der Waals surface area contributed by atoms with E-state index in [0.717, 1.165) is 5.56 Å². The maximum absolute atomic E-state index is 13.5. The van der Waals surface area contributed by atoms with E-state index in [4.69, 9.17) is 0 Å². The number of nitrogens with one attached hydrogen (secondary N) is 1. The van der Waals surface area contributed by atoms with Gasteiger partial charge < -0.3 is 10.4 Å². The molecule has 0 saturated heterocycles. The molecule has 5 heteroatoms. The van der Waals surface area contributed by atoms with Gasteiger partial charge in [-0.1, -0.05) is 30.3 Å². The van der Waals surface area contributed by atoms with Gasteiger partial charge in [-0.25, -0.2) is 8.78 Å². The summed E-state index contributed by atoms with van der Waals surface area (Å²) in [6, 6.07) is 11.8. The Kier molecular flexibility index (Phi) is 5.61. The third-order valence-electron chi connectivity index (χ3n) is 3.31. The first-order valence-electron chi connectivity index (χ1n) is 7.00. The van der Waals surface area contributed by atoms with E-state index < -0.39 is 11.9 Å². The van der Waals surface area contributed by atoms with E-state index in [0.29, 0.717) is 6.42 Å². The van der Waals surface area contributed by atoms with Crippen molar-refractivity contribution in [3.05, 3.63) is 71.3 Å². The van der Waals surface area contributed by atoms with Gasteiger partial charge in [0.2, 0.25) is 5.91 Å². The molecule has 1 atom stereocenters. The van der Waals surface area contributed by atoms with Gasteiger partial charge in [0, 0.05) is 18.5 Å². The monoisotopic (exact) mass is 305 g/mol. The summed E-state index contributed by atoms with van der Waals surface area (Å²) in [5, 5.41) is 12.4. The lowest BCUT2D eigenvalue weighted by molar-refractivity contribution is -0.121. The number of carbonyl (C=O) groups is 1. The summed E-state index contributed by atoms with van der Waals surface area (Å²) in [6.07, 6.45) is -0.395. The smallest absolute Gasteiger partial charge is 0.220 e. The number of amides is 1. The van der Waals surface area contributed by atoms with Crippen molar-refractivity contribution in [2.75, 3.05) is 6.54 Å². The molecule has 0 aliphatic heterocycles. The molecule has 0 aromatic heterocycles. The normalized spacial score (nSPS) is 12.0. The Balaban J connectivity index is 1.78. The minimum Gasteiger partial charge on any atom is -0.386 e. The minimum atomic E-state index is -1.09. The number of aryl methyl sites for hydroxylation is 1. The van der Waals surface area contributed by atoms with Crippen LogP contribution < -0.4 is 5.32 Å². The van der Waals surface area contributed by atoms with Crippen molar-refractivity contribution in [2.45, 2.75) is 18.9 Å². The molecule has 22 heavy (non-hydrogen) atoms. The molecular weight excluding hydrogens is 288 g/mol. The number of rotatable bonds is 6. The Labute approximate surface area is 127 Å². The molecule has 2 rings (SSSR count). The lowest BCUT2D eigenvalue weighted by Crippen LogP contribution is -2.28. The van der Waals surface area contributed by atoms with Gasteiger partial charge in [0.1, 0.15) is 11.6 Å². The molecule has 0 aliphatic carbocycles. The fourth-order valence-electron chi connectivity index (χ4n) is 2.06. The van der Waals surface area contributed by atoms with Gasteiger partial charge >= 0.3 is 0 Å². The van der Waals surface area contributed by atoms with Gasteiger partial charge in [-0.05, 0) is 30.2 Å². The zero-order chi connectivity index (χ0) is 15.9. The average Bonchev–Trinajstić information content (AvgIpc) is 2.52. The zero-order valence-corrected chi connectivity index (χ0v) is 11.9. The molecule has 0 saturated carbocycles. The van der Waals surface area contributed by atoms with Gasteiger partial charge in [0.15, 0.2) is 0 Å². The van der Waals surface area contributed by atoms with Crippen LogP contribution in [-0.2, 0) is 11.2 Å². The molecule has 0 aliphatic rings. The summed E-state index contributed by atoms with van der Waals surface area (Å²) in [5.74, 6) is -1.07. The fourth-order valence-corrected chi connectivity index (χ4v) is 2.06. The van der Waals surface area contributed by atoms with Crippen molar-refractivity contribution in [3.63, 3.8) is 0 Å². The number of aliphatic hydroxyl groups excluding tert-OH is 1. The van der Waals surface area contributed by atoms with Crippen LogP contribution in [-0.4, -0.2) is 17.6 Å². The first-order chi connectivity index (χ1) is 10.6. The van der Waals surface area contributed by atoms with Crippen molar-refractivity contribution >= 4 is 5.91 Å². The van der Waals surface area contributed by atoms with Crippen LogP contribution in [0.1, 0.15) is 23.7 Å². The quantitative estimate of drug-likeness (QED) is 0.862. The van der Waals surface area contributed by atoms with E-state index >= 15 is 0 Å². The van der Waals surface area contributed by atoms with Crippen LogP contribution in [0.2, 0.25) is 0 Å². The molecule has 2 aromatic carbocycles. The molecule has 1 unspecified atom stereocenters. The van der Waals surface area contributed by atoms with Crippen LogP contribution in [0.4, 0.5) is 8.78 Å². The van der Waals surface area contributed by atoms with E-state index in [2.05, 4.69) is 5.32 Å². The first-order valence-corrected chi connectivity index (χ1v) is 7.00. The van der Waals surface area contributed by atoms with E-state index in [1.807, 2.05) is 0 Å². The molecular formula is C17H17F2NO2. The van der Waals surface area contributed by atoms with Crippen molar-refractivity contribution in [1.29, 1.82) is 0 Å². The zero-order valence-electron chi connectivity index (χ0n) is 11.9. The number of aliphatic hydroxyl groups is 1. The molecule has 116 valence electrons. The van der Waals surface area contributed by atoms with Gasteiger partial charge in [0.25, 0.3) is 0 Å². The van der Waals surface area contributed by atoms with Crippen LogP contribution in [0, 0.1) is 11.6 Å². The Morgan fingerprint density at radius 3 is 2.45 bits per heavy atom. The maximum Gasteiger partial charge on any atom is 0.220 e. The second-order valence-corrected chi connectivity index (χ2v) is 4.97. The lowest BCUT2D eigenvalue weighted by atomic mass is 10.1. The SMILES string of the molecule is O=C(CCc1ccc(F)cc1)NCC(O)c1ccccc1F. The van der Waals surface area contributed by atoms with Crippen LogP contribution in [0.15, 0.2) is 48.5 Å². The summed E-state index contributed by atoms with van der Waals surface area (Å²) < 4.78 is 26.2. The van der Waals surface area contributed by atoms with Crippen molar-refractivity contribution in [3.8, 4) is 0 Å². The maximum atomic E-state index is 13.5. The summed E-state index contributed by atoms with van der Waals surface area (Å²) in [6.45, 7) is -0.0524. The standard InChI is InChI=1S/C17H17F2NO2/c18-13-8-5-12(6-9-13)7-10-17(22)20-11-16(21)14-3-1-2-4-15(14)19/h1-6,8-9,16,21H,7,10-11H2,(H,20,22). The van der Waals surface area contributed by atoms with E-state index in [1.165, 1.54) is 30.3 Å². The highest BCUT2D eigenvalue weighted by Gasteiger charge is 2.13. The second-order valence-electron chi connectivity index (χ2n) is 4.97. The largest absolute Gasteiger partial charge is 0.386 e. The molecule has 0 heterocycles. The topological polar surface area (TPSA) is 49.3 Å². The molecule has 0 fully saturated rings. The predicted molar refractivity (Wildman–Crippen MR) is 79.1 cm³/mol. The van der Waals surface area contributed by atoms with Crippen LogP contribution in [0.5, 0.6) is 0 Å². The Morgan fingerprint density at radius 2 is 1.77 bits per heavy atom. The first kappa shape index (κ1) is 16.1. The highest BCUT2D eigenvalue weighted by molar-refractivity contribution is 5.76. The Hall–Kier alpha value is -2.27. The highest BCUT2D eigenvalue weighted by atomic mass is 19.1. The fraction of sp³-hybridized carbons (Fsp3) is 0.235. The lowest BCUT2D eigenvalue weighted by Gasteiger charge is -2.13. The second kappa shape index (κ2) is 7.66. The summed E-state index contributed by atoms with van der Waals surface area (Å²) >= 11 is 0. The van der Waals surface area contributed by atoms with Crippen molar-refractivity contribution < 1.29 is 18.7 Å². The van der Waals surface area contributed by atoms with E-state index in [-0.39, 0.29) is 30.3 Å². The van der Waals surface area contributed by atoms with Gasteiger partial charge in [-0.3, -0.25) is 4.79 Å². The van der Waals surface area contributed by atoms with Gasteiger partial charge in [-0.2, -0.15) is 0 Å². The van der Waals surface area contributed by atoms with Crippen LogP contribution >= 0.6 is 0 Å². The number of halogens is 2. The molecule has 0 bridgehead atoms. The van der Waals surface area contributed by atoms with Crippen molar-refractivity contribution in [2.24, 2.45) is 0 Å². The number of carbonyl (C=O) groups excluding carboxylic acids is 1. The molecule has 0 radical (unpaired) electrons. The predicted octanol–water partition coefficient (Wildman–Crippen LogP) is 2.75. The Bertz CT molecular complexity index is 629. The third kappa shape index (κ3) is 4.63. The molecule has 2 aromatic rings. The average molecular weight is 305 g/mol. The van der Waals surface area contributed by atoms with Crippen LogP contribution in [0.3, 0.4) is 0 Å². The molecule has 0 spiro atoms. The van der Waals surface area contributed by atoms with Crippen LogP contribution in [0.25, 0.3) is 0 Å². The van der Waals surface area contributed by atoms with Gasteiger partial charge in [0.05, 0.1) is 6.10 Å². The molecule has 3 nitrogen and oxygen atoms in total. The van der Waals surface area contributed by atoms with E-state index in [9.17, 15) is 18.7 Å². The highest BCUT2D eigenvalue weighted by Crippen LogP contribution is 2.15. The molecule has 2 N–H and O–H groups in total.